The lowest BCUT2D eigenvalue weighted by molar-refractivity contribution is 0.352. The van der Waals surface area contributed by atoms with E-state index in [0.29, 0.717) is 17.1 Å². The lowest BCUT2D eigenvalue weighted by atomic mass is 10.0. The molecule has 0 saturated carbocycles. The van der Waals surface area contributed by atoms with Crippen molar-refractivity contribution in [2.45, 2.75) is 12.8 Å². The zero-order valence-electron chi connectivity index (χ0n) is 14.4. The molecule has 0 saturated heterocycles. The zero-order chi connectivity index (χ0) is 17.8. The first-order chi connectivity index (χ1) is 12.6. The lowest BCUT2D eigenvalue weighted by Crippen LogP contribution is -2.20. The van der Waals surface area contributed by atoms with Crippen LogP contribution in [0.25, 0.3) is 32.6 Å². The van der Waals surface area contributed by atoms with Gasteiger partial charge in [0.2, 0.25) is 0 Å². The Hall–Kier alpha value is -2.64. The second-order valence-corrected chi connectivity index (χ2v) is 7.81. The van der Waals surface area contributed by atoms with Crippen molar-refractivity contribution >= 4 is 38.3 Å². The number of H-pyrrole nitrogens is 2. The number of rotatable bonds is 1. The molecule has 0 atom stereocenters. The Labute approximate surface area is 153 Å². The molecule has 0 aliphatic carbocycles. The summed E-state index contributed by atoms with van der Waals surface area (Å²) in [5.74, 6) is 0.540. The van der Waals surface area contributed by atoms with Gasteiger partial charge in [0, 0.05) is 18.5 Å². The molecular weight excluding hydrogens is 346 g/mol. The molecule has 1 aliphatic heterocycles. The number of likely N-dealkylation sites (N-methyl/N-ethyl adjacent to an activating group) is 1. The molecule has 6 nitrogen and oxygen atoms in total. The summed E-state index contributed by atoms with van der Waals surface area (Å²) in [6, 6.07) is 6.13. The van der Waals surface area contributed by atoms with Crippen molar-refractivity contribution in [3.63, 3.8) is 0 Å². The number of aromatic nitrogens is 3. The smallest absolute Gasteiger partial charge is 0.262 e. The number of aromatic amines is 2. The molecule has 0 amide bonds. The second kappa shape index (κ2) is 5.69. The number of nitrogens with one attached hydrogen (secondary N) is 2. The van der Waals surface area contributed by atoms with Crippen molar-refractivity contribution in [1.82, 2.24) is 19.9 Å². The van der Waals surface area contributed by atoms with Crippen LogP contribution in [0.4, 0.5) is 5.69 Å². The number of thiophene rings is 1. The van der Waals surface area contributed by atoms with Crippen LogP contribution in [0.2, 0.25) is 0 Å². The first kappa shape index (κ1) is 15.6. The third-order valence-electron chi connectivity index (χ3n) is 5.29. The molecule has 1 aromatic carbocycles. The van der Waals surface area contributed by atoms with Gasteiger partial charge in [-0.3, -0.25) is 4.79 Å². The minimum atomic E-state index is -0.206. The number of nitrogens with two attached hydrogens (primary N) is 1. The summed E-state index contributed by atoms with van der Waals surface area (Å²) in [5, 5.41) is 2.79. The van der Waals surface area contributed by atoms with Crippen LogP contribution in [-0.4, -0.2) is 40.0 Å². The number of hydrogen-bond donors (Lipinski definition) is 3. The van der Waals surface area contributed by atoms with Crippen LogP contribution in [0, 0.1) is 0 Å². The van der Waals surface area contributed by atoms with E-state index in [9.17, 15) is 4.79 Å². The maximum atomic E-state index is 12.6. The zero-order valence-corrected chi connectivity index (χ0v) is 15.2. The Kier molecular flexibility index (Phi) is 3.41. The molecule has 26 heavy (non-hydrogen) atoms. The van der Waals surface area contributed by atoms with E-state index in [1.54, 1.807) is 0 Å². The van der Waals surface area contributed by atoms with Crippen molar-refractivity contribution in [2.75, 3.05) is 25.9 Å². The average molecular weight is 365 g/mol. The van der Waals surface area contributed by atoms with Gasteiger partial charge in [0.15, 0.2) is 0 Å². The quantitative estimate of drug-likeness (QED) is 0.484. The average Bonchev–Trinajstić information content (AvgIpc) is 3.20. The highest BCUT2D eigenvalue weighted by atomic mass is 32.1. The van der Waals surface area contributed by atoms with Crippen LogP contribution in [0.1, 0.15) is 11.1 Å². The fourth-order valence-corrected chi connectivity index (χ4v) is 4.61. The summed E-state index contributed by atoms with van der Waals surface area (Å²) in [5.41, 5.74) is 11.6. The normalized spacial score (nSPS) is 15.4. The first-order valence-electron chi connectivity index (χ1n) is 8.70. The number of imidazole rings is 1. The molecule has 7 heteroatoms. The van der Waals surface area contributed by atoms with Crippen LogP contribution in [0.15, 0.2) is 28.4 Å². The number of fused-ring (bicyclic) bond motifs is 4. The molecule has 0 bridgehead atoms. The summed E-state index contributed by atoms with van der Waals surface area (Å²) in [4.78, 5) is 26.8. The van der Waals surface area contributed by atoms with Crippen LogP contribution in [0.3, 0.4) is 0 Å². The van der Waals surface area contributed by atoms with E-state index in [1.807, 2.05) is 17.5 Å². The monoisotopic (exact) mass is 365 g/mol. The minimum absolute atomic E-state index is 0.206. The summed E-state index contributed by atoms with van der Waals surface area (Å²) in [6.45, 7) is 2.07. The number of nitrogens with zero attached hydrogens (tertiary/aromatic N) is 2. The predicted molar refractivity (Wildman–Crippen MR) is 107 cm³/mol. The SMILES string of the molecule is CN1CCc2ccc3nc(-c4c(N)c5ccsc5[nH]c4=O)[nH]c3c2CC1. The van der Waals surface area contributed by atoms with Gasteiger partial charge in [-0.25, -0.2) is 4.98 Å². The molecule has 4 N–H and O–H groups in total. The molecule has 132 valence electrons. The Morgan fingerprint density at radius 3 is 2.92 bits per heavy atom. The molecule has 0 spiro atoms. The standard InChI is InChI=1S/C19H19N5OS/c1-24-7-4-10-2-3-13-16(11(10)5-8-24)22-17(21-13)14-15(20)12-6-9-26-19(12)23-18(14)25/h2-3,6,9H,4-5,7-8H2,1H3,(H,21,22)(H3,20,23,25). The second-order valence-electron chi connectivity index (χ2n) is 6.89. The van der Waals surface area contributed by atoms with E-state index in [4.69, 9.17) is 5.73 Å². The number of nitrogen functional groups attached to an aromatic ring is 1. The molecule has 4 aromatic rings. The topological polar surface area (TPSA) is 90.8 Å². The van der Waals surface area contributed by atoms with Gasteiger partial charge < -0.3 is 20.6 Å². The third kappa shape index (κ3) is 2.28. The maximum absolute atomic E-state index is 12.6. The van der Waals surface area contributed by atoms with E-state index < -0.39 is 0 Å². The fourth-order valence-electron chi connectivity index (χ4n) is 3.82. The Balaban J connectivity index is 1.73. The van der Waals surface area contributed by atoms with Gasteiger partial charge in [-0.1, -0.05) is 6.07 Å². The molecular formula is C19H19N5OS. The van der Waals surface area contributed by atoms with Crippen LogP contribution in [-0.2, 0) is 12.8 Å². The van der Waals surface area contributed by atoms with E-state index in [2.05, 4.69) is 33.0 Å². The number of hydrogen-bond acceptors (Lipinski definition) is 5. The molecule has 0 fully saturated rings. The van der Waals surface area contributed by atoms with Gasteiger partial charge in [-0.15, -0.1) is 11.3 Å². The molecule has 5 rings (SSSR count). The van der Waals surface area contributed by atoms with Crippen molar-refractivity contribution < 1.29 is 0 Å². The van der Waals surface area contributed by atoms with Crippen LogP contribution < -0.4 is 11.3 Å². The molecule has 3 aromatic heterocycles. The van der Waals surface area contributed by atoms with E-state index in [0.717, 1.165) is 47.2 Å². The Morgan fingerprint density at radius 1 is 1.19 bits per heavy atom. The maximum Gasteiger partial charge on any atom is 0.262 e. The Bertz CT molecular complexity index is 1200. The van der Waals surface area contributed by atoms with Crippen LogP contribution in [0.5, 0.6) is 0 Å². The van der Waals surface area contributed by atoms with Crippen molar-refractivity contribution in [3.8, 4) is 11.4 Å². The largest absolute Gasteiger partial charge is 0.397 e. The summed E-state index contributed by atoms with van der Waals surface area (Å²) < 4.78 is 0. The number of anilines is 1. The first-order valence-corrected chi connectivity index (χ1v) is 9.58. The van der Waals surface area contributed by atoms with Crippen LogP contribution >= 0.6 is 11.3 Å². The number of pyridine rings is 1. The van der Waals surface area contributed by atoms with E-state index in [-0.39, 0.29) is 5.56 Å². The van der Waals surface area contributed by atoms with E-state index in [1.165, 1.54) is 22.5 Å². The predicted octanol–water partition coefficient (Wildman–Crippen LogP) is 2.75. The van der Waals surface area contributed by atoms with Gasteiger partial charge >= 0.3 is 0 Å². The minimum Gasteiger partial charge on any atom is -0.397 e. The van der Waals surface area contributed by atoms with Gasteiger partial charge in [-0.2, -0.15) is 0 Å². The highest BCUT2D eigenvalue weighted by molar-refractivity contribution is 7.16. The summed E-state index contributed by atoms with van der Waals surface area (Å²) in [6.07, 6.45) is 2.00. The van der Waals surface area contributed by atoms with Crippen molar-refractivity contribution in [3.05, 3.63) is 45.1 Å². The van der Waals surface area contributed by atoms with Crippen molar-refractivity contribution in [1.29, 1.82) is 0 Å². The van der Waals surface area contributed by atoms with Gasteiger partial charge in [0.25, 0.3) is 5.56 Å². The molecule has 1 aliphatic rings. The fraction of sp³-hybridized carbons (Fsp3) is 0.263. The third-order valence-corrected chi connectivity index (χ3v) is 6.12. The lowest BCUT2D eigenvalue weighted by Gasteiger charge is -2.10. The molecule has 0 unspecified atom stereocenters. The Morgan fingerprint density at radius 2 is 2.04 bits per heavy atom. The van der Waals surface area contributed by atoms with Gasteiger partial charge in [0.05, 0.1) is 16.7 Å². The summed E-state index contributed by atoms with van der Waals surface area (Å²) >= 11 is 1.47. The van der Waals surface area contributed by atoms with Gasteiger partial charge in [0.1, 0.15) is 16.2 Å². The van der Waals surface area contributed by atoms with E-state index >= 15 is 0 Å². The number of benzene rings is 1. The highest BCUT2D eigenvalue weighted by Gasteiger charge is 2.20. The molecule has 4 heterocycles. The molecule has 0 radical (unpaired) electrons. The van der Waals surface area contributed by atoms with Crippen molar-refractivity contribution in [2.24, 2.45) is 0 Å². The van der Waals surface area contributed by atoms with Gasteiger partial charge in [-0.05, 0) is 48.5 Å². The highest BCUT2D eigenvalue weighted by Crippen LogP contribution is 2.32. The summed E-state index contributed by atoms with van der Waals surface area (Å²) in [7, 11) is 2.15.